The van der Waals surface area contributed by atoms with Gasteiger partial charge < -0.3 is 9.16 Å². The Hall–Kier alpha value is -2.44. The average Bonchev–Trinajstić information content (AvgIpc) is 3.03. The van der Waals surface area contributed by atoms with Gasteiger partial charge in [0.05, 0.1) is 17.7 Å². The number of benzene rings is 2. The highest BCUT2D eigenvalue weighted by molar-refractivity contribution is 6.74. The summed E-state index contributed by atoms with van der Waals surface area (Å²) in [4.78, 5) is 26.3. The zero-order chi connectivity index (χ0) is 24.8. The van der Waals surface area contributed by atoms with E-state index in [0.29, 0.717) is 24.3 Å². The summed E-state index contributed by atoms with van der Waals surface area (Å²) < 4.78 is 12.2. The quantitative estimate of drug-likeness (QED) is 0.198. The molecule has 0 radical (unpaired) electrons. The fourth-order valence-corrected chi connectivity index (χ4v) is 4.88. The van der Waals surface area contributed by atoms with Gasteiger partial charge in [-0.25, -0.2) is 0 Å². The zero-order valence-corrected chi connectivity index (χ0v) is 22.4. The molecule has 2 aromatic rings. The average molecular weight is 482 g/mol. The molecule has 0 saturated carbocycles. The number of carbonyl (C=O) groups is 2. The van der Waals surface area contributed by atoms with E-state index in [2.05, 4.69) is 46.0 Å². The summed E-state index contributed by atoms with van der Waals surface area (Å²) in [7, 11) is -1.65. The number of aryl methyl sites for hydroxylation is 1. The normalized spacial score (nSPS) is 14.0. The van der Waals surface area contributed by atoms with E-state index < -0.39 is 8.32 Å². The molecule has 0 aliphatic carbocycles. The first kappa shape index (κ1) is 26.2. The lowest BCUT2D eigenvalue weighted by molar-refractivity contribution is 0.0652. The van der Waals surface area contributed by atoms with Crippen molar-refractivity contribution in [3.63, 3.8) is 0 Å². The van der Waals surface area contributed by atoms with Crippen LogP contribution in [0.4, 0.5) is 0 Å². The molecule has 0 bridgehead atoms. The topological polar surface area (TPSA) is 55.8 Å². The number of carbonyl (C=O) groups excluding carboxylic acids is 2. The minimum absolute atomic E-state index is 0.188. The van der Waals surface area contributed by atoms with E-state index in [1.165, 1.54) is 4.90 Å². The summed E-state index contributed by atoms with van der Waals surface area (Å²) in [5.41, 5.74) is 2.17. The number of ether oxygens (including phenoxy) is 1. The van der Waals surface area contributed by atoms with Gasteiger partial charge in [-0.3, -0.25) is 14.5 Å². The van der Waals surface area contributed by atoms with E-state index in [9.17, 15) is 9.59 Å². The van der Waals surface area contributed by atoms with E-state index in [4.69, 9.17) is 9.16 Å². The Labute approximate surface area is 205 Å². The molecular weight excluding hydrogens is 442 g/mol. The highest BCUT2D eigenvalue weighted by Gasteiger charge is 2.37. The molecule has 6 heteroatoms. The van der Waals surface area contributed by atoms with Crippen molar-refractivity contribution < 1.29 is 18.8 Å². The van der Waals surface area contributed by atoms with Crippen molar-refractivity contribution in [2.45, 2.75) is 71.0 Å². The van der Waals surface area contributed by atoms with Gasteiger partial charge >= 0.3 is 0 Å². The van der Waals surface area contributed by atoms with Gasteiger partial charge in [-0.15, -0.1) is 0 Å². The molecule has 2 amide bonds. The highest BCUT2D eigenvalue weighted by Crippen LogP contribution is 2.36. The molecule has 1 heterocycles. The number of nitrogens with zero attached hydrogens (tertiary/aromatic N) is 1. The van der Waals surface area contributed by atoms with Gasteiger partial charge in [0.2, 0.25) is 0 Å². The van der Waals surface area contributed by atoms with Gasteiger partial charge in [-0.2, -0.15) is 0 Å². The van der Waals surface area contributed by atoms with Crippen molar-refractivity contribution in [3.8, 4) is 5.75 Å². The van der Waals surface area contributed by atoms with Crippen LogP contribution in [0.15, 0.2) is 48.5 Å². The molecule has 0 aromatic heterocycles. The van der Waals surface area contributed by atoms with Crippen molar-refractivity contribution in [1.29, 1.82) is 0 Å². The van der Waals surface area contributed by atoms with Gasteiger partial charge in [0.15, 0.2) is 8.32 Å². The Morgan fingerprint density at radius 2 is 1.47 bits per heavy atom. The van der Waals surface area contributed by atoms with Crippen LogP contribution in [0.1, 0.15) is 72.7 Å². The minimum atomic E-state index is -1.65. The third kappa shape index (κ3) is 6.57. The molecule has 0 atom stereocenters. The summed E-state index contributed by atoms with van der Waals surface area (Å²) in [5.74, 6) is 0.496. The molecule has 0 spiro atoms. The maximum absolute atomic E-state index is 12.5. The fraction of sp³-hybridized carbons (Fsp3) is 0.500. The lowest BCUT2D eigenvalue weighted by Crippen LogP contribution is -2.40. The van der Waals surface area contributed by atoms with Crippen LogP contribution in [0, 0.1) is 0 Å². The van der Waals surface area contributed by atoms with Crippen molar-refractivity contribution in [3.05, 3.63) is 65.2 Å². The Bertz CT molecular complexity index is 961. The number of fused-ring (bicyclic) bond motifs is 1. The Morgan fingerprint density at radius 3 is 2.12 bits per heavy atom. The van der Waals surface area contributed by atoms with E-state index in [1.807, 2.05) is 12.1 Å². The zero-order valence-electron chi connectivity index (χ0n) is 21.4. The third-order valence-corrected chi connectivity index (χ3v) is 11.5. The van der Waals surface area contributed by atoms with Crippen LogP contribution >= 0.6 is 0 Å². The van der Waals surface area contributed by atoms with Gasteiger partial charge in [-0.05, 0) is 80.1 Å². The van der Waals surface area contributed by atoms with Crippen LogP contribution in [0.2, 0.25) is 18.1 Å². The van der Waals surface area contributed by atoms with Crippen LogP contribution < -0.4 is 4.74 Å². The van der Waals surface area contributed by atoms with Gasteiger partial charge in [0.1, 0.15) is 5.75 Å². The third-order valence-electron chi connectivity index (χ3n) is 6.95. The number of imide groups is 1. The van der Waals surface area contributed by atoms with Gasteiger partial charge in [0.25, 0.3) is 11.8 Å². The van der Waals surface area contributed by atoms with Gasteiger partial charge in [0, 0.05) is 13.2 Å². The molecule has 1 aliphatic heterocycles. The predicted octanol–water partition coefficient (Wildman–Crippen LogP) is 6.49. The number of amides is 2. The van der Waals surface area contributed by atoms with Crippen molar-refractivity contribution in [2.75, 3.05) is 19.8 Å². The minimum Gasteiger partial charge on any atom is -0.494 e. The monoisotopic (exact) mass is 481 g/mol. The predicted molar refractivity (Wildman–Crippen MR) is 139 cm³/mol. The molecule has 1 aliphatic rings. The van der Waals surface area contributed by atoms with Crippen LogP contribution in [0.5, 0.6) is 5.75 Å². The molecule has 0 N–H and O–H groups in total. The summed E-state index contributed by atoms with van der Waals surface area (Å²) in [6.07, 6.45) is 4.67. The number of hydrogen-bond acceptors (Lipinski definition) is 4. The summed E-state index contributed by atoms with van der Waals surface area (Å²) in [5, 5.41) is 0.256. The summed E-state index contributed by atoms with van der Waals surface area (Å²) >= 11 is 0. The molecule has 2 aromatic carbocycles. The van der Waals surface area contributed by atoms with Gasteiger partial charge in [-0.1, -0.05) is 45.0 Å². The number of rotatable bonds is 12. The second-order valence-corrected chi connectivity index (χ2v) is 15.4. The lowest BCUT2D eigenvalue weighted by atomic mass is 10.1. The first-order valence-electron chi connectivity index (χ1n) is 12.4. The van der Waals surface area contributed by atoms with E-state index in [1.54, 1.807) is 24.3 Å². The first-order valence-corrected chi connectivity index (χ1v) is 15.3. The maximum atomic E-state index is 12.5. The SMILES string of the molecule is CC(C)(C)[Si](C)(C)OCCCCCOc1cccc(CCCN2C(=O)c3ccccc3C2=O)c1. The van der Waals surface area contributed by atoms with Crippen molar-refractivity contribution >= 4 is 20.1 Å². The largest absolute Gasteiger partial charge is 0.494 e. The van der Waals surface area contributed by atoms with E-state index in [-0.39, 0.29) is 16.9 Å². The molecule has 0 saturated heterocycles. The first-order chi connectivity index (χ1) is 16.1. The molecule has 0 unspecified atom stereocenters. The van der Waals surface area contributed by atoms with Crippen LogP contribution in [0.3, 0.4) is 0 Å². The standard InChI is InChI=1S/C28H39NO4Si/c1-28(2,3)34(4,5)33-20-10-6-9-19-32-23-15-11-13-22(21-23)14-12-18-29-26(30)24-16-7-8-17-25(24)27(29)31/h7-8,11,13,15-17,21H,6,9-10,12,14,18-20H2,1-5H3. The second-order valence-electron chi connectivity index (χ2n) is 10.6. The number of unbranched alkanes of at least 4 members (excludes halogenated alkanes) is 2. The lowest BCUT2D eigenvalue weighted by Gasteiger charge is -2.36. The van der Waals surface area contributed by atoms with E-state index in [0.717, 1.165) is 50.0 Å². The Morgan fingerprint density at radius 1 is 0.824 bits per heavy atom. The summed E-state index contributed by atoms with van der Waals surface area (Å²) in [6.45, 7) is 13.3. The molecule has 0 fully saturated rings. The van der Waals surface area contributed by atoms with Crippen molar-refractivity contribution in [1.82, 2.24) is 4.90 Å². The Balaban J connectivity index is 1.35. The molecule has 3 rings (SSSR count). The highest BCUT2D eigenvalue weighted by atomic mass is 28.4. The smallest absolute Gasteiger partial charge is 0.261 e. The molecular formula is C28H39NO4Si. The molecule has 34 heavy (non-hydrogen) atoms. The second kappa shape index (κ2) is 11.3. The van der Waals surface area contributed by atoms with Crippen molar-refractivity contribution in [2.24, 2.45) is 0 Å². The number of hydrogen-bond donors (Lipinski definition) is 0. The molecule has 184 valence electrons. The molecule has 5 nitrogen and oxygen atoms in total. The van der Waals surface area contributed by atoms with E-state index >= 15 is 0 Å². The Kier molecular flexibility index (Phi) is 8.71. The fourth-order valence-electron chi connectivity index (χ4n) is 3.79. The van der Waals surface area contributed by atoms with Crippen LogP contribution in [0.25, 0.3) is 0 Å². The van der Waals surface area contributed by atoms with Crippen LogP contribution in [-0.2, 0) is 10.8 Å². The van der Waals surface area contributed by atoms with Crippen LogP contribution in [-0.4, -0.2) is 44.8 Å². The summed E-state index contributed by atoms with van der Waals surface area (Å²) in [6, 6.07) is 15.1. The maximum Gasteiger partial charge on any atom is 0.261 e.